The topological polar surface area (TPSA) is 24.5 Å². The molecule has 0 saturated heterocycles. The minimum absolute atomic E-state index is 0.627. The lowest BCUT2D eigenvalue weighted by Gasteiger charge is -2.31. The van der Waals surface area contributed by atoms with E-state index in [2.05, 4.69) is 38.0 Å². The van der Waals surface area contributed by atoms with Gasteiger partial charge in [-0.3, -0.25) is 0 Å². The smallest absolute Gasteiger partial charge is 0.0474 e. The summed E-state index contributed by atoms with van der Waals surface area (Å²) < 4.78 is 5.07. The Bertz CT molecular complexity index is 140. The zero-order valence-corrected chi connectivity index (χ0v) is 11.0. The zero-order chi connectivity index (χ0) is 11.7. The molecule has 0 saturated carbocycles. The minimum Gasteiger partial charge on any atom is -0.385 e. The van der Waals surface area contributed by atoms with E-state index in [0.29, 0.717) is 12.0 Å². The minimum atomic E-state index is 0.627. The standard InChI is InChI=1S/C12H28N2O/c1-6-13-10-12(11(2)3)14(4)8-7-9-15-5/h11-13H,6-10H2,1-5H3. The van der Waals surface area contributed by atoms with Gasteiger partial charge in [0.15, 0.2) is 0 Å². The van der Waals surface area contributed by atoms with Crippen molar-refractivity contribution in [1.29, 1.82) is 0 Å². The van der Waals surface area contributed by atoms with Crippen molar-refractivity contribution >= 4 is 0 Å². The van der Waals surface area contributed by atoms with Gasteiger partial charge in [0.2, 0.25) is 0 Å². The van der Waals surface area contributed by atoms with Gasteiger partial charge in [-0.1, -0.05) is 20.8 Å². The summed E-state index contributed by atoms with van der Waals surface area (Å²) in [6, 6.07) is 0.627. The van der Waals surface area contributed by atoms with Crippen LogP contribution in [0.2, 0.25) is 0 Å². The summed E-state index contributed by atoms with van der Waals surface area (Å²) in [6.07, 6.45) is 1.11. The van der Waals surface area contributed by atoms with E-state index in [1.807, 2.05) is 0 Å². The van der Waals surface area contributed by atoms with E-state index in [0.717, 1.165) is 32.7 Å². The summed E-state index contributed by atoms with van der Waals surface area (Å²) in [5.74, 6) is 0.691. The van der Waals surface area contributed by atoms with Crippen molar-refractivity contribution in [2.45, 2.75) is 33.2 Å². The quantitative estimate of drug-likeness (QED) is 0.592. The number of nitrogens with zero attached hydrogens (tertiary/aromatic N) is 1. The Morgan fingerprint density at radius 3 is 2.47 bits per heavy atom. The van der Waals surface area contributed by atoms with Gasteiger partial charge in [0, 0.05) is 32.8 Å². The molecule has 0 spiro atoms. The van der Waals surface area contributed by atoms with Crippen LogP contribution < -0.4 is 5.32 Å². The maximum Gasteiger partial charge on any atom is 0.0474 e. The van der Waals surface area contributed by atoms with E-state index in [4.69, 9.17) is 4.74 Å². The summed E-state index contributed by atoms with van der Waals surface area (Å²) in [6.45, 7) is 10.8. The maximum absolute atomic E-state index is 5.07. The zero-order valence-electron chi connectivity index (χ0n) is 11.0. The first-order valence-corrected chi connectivity index (χ1v) is 6.03. The van der Waals surface area contributed by atoms with Gasteiger partial charge in [-0.15, -0.1) is 0 Å². The molecular formula is C12H28N2O. The first-order valence-electron chi connectivity index (χ1n) is 6.03. The van der Waals surface area contributed by atoms with E-state index in [-0.39, 0.29) is 0 Å². The number of rotatable bonds is 9. The van der Waals surface area contributed by atoms with Gasteiger partial charge in [-0.25, -0.2) is 0 Å². The second-order valence-electron chi connectivity index (χ2n) is 4.45. The summed E-state index contributed by atoms with van der Waals surface area (Å²) in [5, 5.41) is 3.43. The highest BCUT2D eigenvalue weighted by Crippen LogP contribution is 2.08. The lowest BCUT2D eigenvalue weighted by molar-refractivity contribution is 0.147. The van der Waals surface area contributed by atoms with E-state index < -0.39 is 0 Å². The molecule has 92 valence electrons. The average molecular weight is 216 g/mol. The largest absolute Gasteiger partial charge is 0.385 e. The Hall–Kier alpha value is -0.120. The van der Waals surface area contributed by atoms with Gasteiger partial charge in [0.05, 0.1) is 0 Å². The summed E-state index contributed by atoms with van der Waals surface area (Å²) in [4.78, 5) is 2.44. The number of hydrogen-bond donors (Lipinski definition) is 1. The predicted molar refractivity (Wildman–Crippen MR) is 66.3 cm³/mol. The van der Waals surface area contributed by atoms with Crippen molar-refractivity contribution < 1.29 is 4.74 Å². The molecule has 0 heterocycles. The Morgan fingerprint density at radius 1 is 1.33 bits per heavy atom. The predicted octanol–water partition coefficient (Wildman–Crippen LogP) is 1.59. The van der Waals surface area contributed by atoms with Gasteiger partial charge in [-0.05, 0) is 25.9 Å². The third kappa shape index (κ3) is 6.88. The van der Waals surface area contributed by atoms with Crippen molar-refractivity contribution in [3.05, 3.63) is 0 Å². The lowest BCUT2D eigenvalue weighted by atomic mass is 10.0. The molecule has 0 aliphatic rings. The van der Waals surface area contributed by atoms with Gasteiger partial charge in [0.1, 0.15) is 0 Å². The van der Waals surface area contributed by atoms with Crippen LogP contribution in [0.15, 0.2) is 0 Å². The Kier molecular flexibility index (Phi) is 9.06. The molecule has 3 nitrogen and oxygen atoms in total. The fourth-order valence-corrected chi connectivity index (χ4v) is 1.82. The van der Waals surface area contributed by atoms with Crippen LogP contribution in [0.5, 0.6) is 0 Å². The highest BCUT2D eigenvalue weighted by Gasteiger charge is 2.17. The molecule has 0 aromatic rings. The number of ether oxygens (including phenoxy) is 1. The Balaban J connectivity index is 3.87. The molecule has 0 amide bonds. The van der Waals surface area contributed by atoms with E-state index in [1.54, 1.807) is 7.11 Å². The molecule has 1 atom stereocenters. The Morgan fingerprint density at radius 2 is 2.00 bits per heavy atom. The van der Waals surface area contributed by atoms with Gasteiger partial charge < -0.3 is 15.0 Å². The van der Waals surface area contributed by atoms with Crippen LogP contribution in [0.3, 0.4) is 0 Å². The molecule has 0 rings (SSSR count). The number of nitrogens with one attached hydrogen (secondary N) is 1. The highest BCUT2D eigenvalue weighted by atomic mass is 16.5. The molecule has 15 heavy (non-hydrogen) atoms. The molecule has 0 bridgehead atoms. The summed E-state index contributed by atoms with van der Waals surface area (Å²) in [5.41, 5.74) is 0. The van der Waals surface area contributed by atoms with Gasteiger partial charge in [0.25, 0.3) is 0 Å². The van der Waals surface area contributed by atoms with Crippen LogP contribution in [0.4, 0.5) is 0 Å². The molecule has 0 aliphatic carbocycles. The lowest BCUT2D eigenvalue weighted by Crippen LogP contribution is -2.44. The molecule has 1 N–H and O–H groups in total. The highest BCUT2D eigenvalue weighted by molar-refractivity contribution is 4.74. The first kappa shape index (κ1) is 14.9. The monoisotopic (exact) mass is 216 g/mol. The second-order valence-corrected chi connectivity index (χ2v) is 4.45. The molecule has 0 fully saturated rings. The van der Waals surface area contributed by atoms with Crippen LogP contribution in [-0.4, -0.2) is 51.3 Å². The molecule has 0 aliphatic heterocycles. The molecule has 1 unspecified atom stereocenters. The van der Waals surface area contributed by atoms with Crippen LogP contribution in [0, 0.1) is 5.92 Å². The number of methoxy groups -OCH3 is 1. The van der Waals surface area contributed by atoms with Crippen LogP contribution >= 0.6 is 0 Å². The van der Waals surface area contributed by atoms with Crippen LogP contribution in [-0.2, 0) is 4.74 Å². The SMILES string of the molecule is CCNCC(C(C)C)N(C)CCCOC. The van der Waals surface area contributed by atoms with Gasteiger partial charge >= 0.3 is 0 Å². The third-order valence-electron chi connectivity index (χ3n) is 2.80. The van der Waals surface area contributed by atoms with Crippen molar-refractivity contribution in [1.82, 2.24) is 10.2 Å². The normalized spacial score (nSPS) is 13.8. The van der Waals surface area contributed by atoms with Gasteiger partial charge in [-0.2, -0.15) is 0 Å². The molecule has 0 aromatic heterocycles. The van der Waals surface area contributed by atoms with Crippen molar-refractivity contribution in [3.63, 3.8) is 0 Å². The van der Waals surface area contributed by atoms with Crippen molar-refractivity contribution in [2.75, 3.05) is 40.4 Å². The first-order chi connectivity index (χ1) is 7.13. The molecule has 3 heteroatoms. The summed E-state index contributed by atoms with van der Waals surface area (Å²) >= 11 is 0. The third-order valence-corrected chi connectivity index (χ3v) is 2.80. The maximum atomic E-state index is 5.07. The Labute approximate surface area is 95.2 Å². The van der Waals surface area contributed by atoms with E-state index in [1.165, 1.54) is 0 Å². The summed E-state index contributed by atoms with van der Waals surface area (Å²) in [7, 11) is 3.97. The molecule has 0 radical (unpaired) electrons. The van der Waals surface area contributed by atoms with Crippen molar-refractivity contribution in [2.24, 2.45) is 5.92 Å². The van der Waals surface area contributed by atoms with E-state index >= 15 is 0 Å². The van der Waals surface area contributed by atoms with Crippen LogP contribution in [0.25, 0.3) is 0 Å². The fraction of sp³-hybridized carbons (Fsp3) is 1.00. The second kappa shape index (κ2) is 9.13. The number of likely N-dealkylation sites (N-methyl/N-ethyl adjacent to an activating group) is 2. The van der Waals surface area contributed by atoms with Crippen LogP contribution in [0.1, 0.15) is 27.2 Å². The molecular weight excluding hydrogens is 188 g/mol. The number of hydrogen-bond acceptors (Lipinski definition) is 3. The molecule has 0 aromatic carbocycles. The van der Waals surface area contributed by atoms with Crippen molar-refractivity contribution in [3.8, 4) is 0 Å². The fourth-order valence-electron chi connectivity index (χ4n) is 1.82. The average Bonchev–Trinajstić information content (AvgIpc) is 2.18. The van der Waals surface area contributed by atoms with E-state index in [9.17, 15) is 0 Å².